The summed E-state index contributed by atoms with van der Waals surface area (Å²) in [6, 6.07) is 7.23. The number of amides is 1. The molecule has 0 spiro atoms. The second-order valence-electron chi connectivity index (χ2n) is 5.20. The van der Waals surface area contributed by atoms with Crippen LogP contribution < -0.4 is 9.46 Å². The molecule has 0 saturated carbocycles. The standard InChI is InChI=1S/C15H10ClF3N2O6S/c16-9-5-6-12(27-8-15(17,18)19)10(7-9)14(22)20-28(25,26)13-4-2-1-3-11(13)21(23)24/h1-7H,8H2,(H,20,22). The number of benzene rings is 2. The predicted molar refractivity (Wildman–Crippen MR) is 90.8 cm³/mol. The number of nitrogens with zero attached hydrogens (tertiary/aromatic N) is 1. The highest BCUT2D eigenvalue weighted by atomic mass is 35.5. The maximum Gasteiger partial charge on any atom is 0.422 e. The molecule has 150 valence electrons. The summed E-state index contributed by atoms with van der Waals surface area (Å²) in [5, 5.41) is 10.9. The monoisotopic (exact) mass is 438 g/mol. The number of para-hydroxylation sites is 1. The van der Waals surface area contributed by atoms with Crippen LogP contribution in [-0.2, 0) is 10.0 Å². The third-order valence-corrected chi connectivity index (χ3v) is 4.77. The molecule has 0 aliphatic rings. The van der Waals surface area contributed by atoms with E-state index in [0.29, 0.717) is 0 Å². The molecule has 2 rings (SSSR count). The maximum absolute atomic E-state index is 12.4. The fourth-order valence-corrected chi connectivity index (χ4v) is 3.34. The summed E-state index contributed by atoms with van der Waals surface area (Å²) in [5.41, 5.74) is -1.39. The van der Waals surface area contributed by atoms with Crippen molar-refractivity contribution in [3.05, 3.63) is 63.2 Å². The molecule has 0 bridgehead atoms. The molecule has 0 aromatic heterocycles. The van der Waals surface area contributed by atoms with E-state index in [2.05, 4.69) is 4.74 Å². The van der Waals surface area contributed by atoms with Gasteiger partial charge in [0.2, 0.25) is 0 Å². The molecule has 0 unspecified atom stereocenters. The molecule has 2 aromatic carbocycles. The molecule has 13 heteroatoms. The van der Waals surface area contributed by atoms with Crippen molar-refractivity contribution in [3.8, 4) is 5.75 Å². The molecule has 0 radical (unpaired) electrons. The maximum atomic E-state index is 12.4. The number of halogens is 4. The van der Waals surface area contributed by atoms with Gasteiger partial charge in [0.1, 0.15) is 5.75 Å². The van der Waals surface area contributed by atoms with E-state index in [1.54, 1.807) is 4.72 Å². The molecule has 0 heterocycles. The number of alkyl halides is 3. The van der Waals surface area contributed by atoms with Gasteiger partial charge in [0.15, 0.2) is 11.5 Å². The van der Waals surface area contributed by atoms with Crippen LogP contribution in [0.2, 0.25) is 5.02 Å². The van der Waals surface area contributed by atoms with Crippen molar-refractivity contribution in [1.82, 2.24) is 4.72 Å². The van der Waals surface area contributed by atoms with Gasteiger partial charge in [-0.05, 0) is 24.3 Å². The SMILES string of the molecule is O=C(NS(=O)(=O)c1ccccc1[N+](=O)[O-])c1cc(Cl)ccc1OCC(F)(F)F. The van der Waals surface area contributed by atoms with Crippen LogP contribution in [0.3, 0.4) is 0 Å². The van der Waals surface area contributed by atoms with Crippen molar-refractivity contribution in [2.24, 2.45) is 0 Å². The third-order valence-electron chi connectivity index (χ3n) is 3.16. The fourth-order valence-electron chi connectivity index (χ4n) is 2.03. The van der Waals surface area contributed by atoms with Crippen LogP contribution in [-0.4, -0.2) is 32.0 Å². The molecular weight excluding hydrogens is 429 g/mol. The van der Waals surface area contributed by atoms with Crippen LogP contribution in [0.4, 0.5) is 18.9 Å². The Labute approximate surface area is 161 Å². The highest BCUT2D eigenvalue weighted by Gasteiger charge is 2.31. The van der Waals surface area contributed by atoms with Crippen molar-refractivity contribution < 1.29 is 36.0 Å². The zero-order valence-electron chi connectivity index (χ0n) is 13.6. The van der Waals surface area contributed by atoms with Crippen LogP contribution in [0.25, 0.3) is 0 Å². The predicted octanol–water partition coefficient (Wildman–Crippen LogP) is 3.31. The molecule has 2 aromatic rings. The summed E-state index contributed by atoms with van der Waals surface area (Å²) in [6.45, 7) is -1.73. The van der Waals surface area contributed by atoms with Crippen LogP contribution in [0, 0.1) is 10.1 Å². The summed E-state index contributed by atoms with van der Waals surface area (Å²) in [4.78, 5) is 21.6. The lowest BCUT2D eigenvalue weighted by molar-refractivity contribution is -0.387. The third kappa shape index (κ3) is 5.33. The Balaban J connectivity index is 2.37. The molecule has 1 N–H and O–H groups in total. The summed E-state index contributed by atoms with van der Waals surface area (Å²) in [5.74, 6) is -1.95. The van der Waals surface area contributed by atoms with Gasteiger partial charge in [0.25, 0.3) is 21.6 Å². The number of rotatable bonds is 6. The first kappa shape index (κ1) is 21.4. The minimum absolute atomic E-state index is 0.0763. The number of nitro benzene ring substituents is 1. The lowest BCUT2D eigenvalue weighted by atomic mass is 10.2. The van der Waals surface area contributed by atoms with Gasteiger partial charge in [-0.15, -0.1) is 0 Å². The molecule has 0 fully saturated rings. The Morgan fingerprint density at radius 3 is 2.46 bits per heavy atom. The average molecular weight is 439 g/mol. The molecule has 0 aliphatic carbocycles. The molecular formula is C15H10ClF3N2O6S. The number of nitro groups is 1. The topological polar surface area (TPSA) is 116 Å². The second-order valence-corrected chi connectivity index (χ2v) is 7.29. The van der Waals surface area contributed by atoms with Crippen LogP contribution in [0.5, 0.6) is 5.75 Å². The van der Waals surface area contributed by atoms with Gasteiger partial charge in [-0.25, -0.2) is 13.1 Å². The summed E-state index contributed by atoms with van der Waals surface area (Å²) in [6.07, 6.45) is -4.70. The Kier molecular flexibility index (Phi) is 6.14. The first-order chi connectivity index (χ1) is 12.9. The van der Waals surface area contributed by atoms with E-state index >= 15 is 0 Å². The number of ether oxygens (including phenoxy) is 1. The van der Waals surface area contributed by atoms with Gasteiger partial charge in [-0.3, -0.25) is 14.9 Å². The fraction of sp³-hybridized carbons (Fsp3) is 0.133. The molecule has 28 heavy (non-hydrogen) atoms. The second kappa shape index (κ2) is 8.02. The van der Waals surface area contributed by atoms with Gasteiger partial charge in [-0.2, -0.15) is 13.2 Å². The van der Waals surface area contributed by atoms with E-state index in [0.717, 1.165) is 30.3 Å². The van der Waals surface area contributed by atoms with E-state index in [1.165, 1.54) is 12.1 Å². The van der Waals surface area contributed by atoms with Gasteiger partial charge >= 0.3 is 6.18 Å². The lowest BCUT2D eigenvalue weighted by Gasteiger charge is -2.14. The summed E-state index contributed by atoms with van der Waals surface area (Å²) < 4.78 is 67.9. The van der Waals surface area contributed by atoms with Crippen LogP contribution in [0.1, 0.15) is 10.4 Å². The van der Waals surface area contributed by atoms with E-state index in [1.807, 2.05) is 0 Å². The van der Waals surface area contributed by atoms with Gasteiger partial charge in [0, 0.05) is 11.1 Å². The molecule has 0 aliphatic heterocycles. The first-order valence-electron chi connectivity index (χ1n) is 7.20. The quantitative estimate of drug-likeness (QED) is 0.546. The van der Waals surface area contributed by atoms with Crippen molar-refractivity contribution >= 4 is 33.2 Å². The number of hydrogen-bond donors (Lipinski definition) is 1. The number of carbonyl (C=O) groups is 1. The summed E-state index contributed by atoms with van der Waals surface area (Å²) in [7, 11) is -4.72. The van der Waals surface area contributed by atoms with E-state index < -0.39 is 55.5 Å². The first-order valence-corrected chi connectivity index (χ1v) is 9.06. The van der Waals surface area contributed by atoms with E-state index in [-0.39, 0.29) is 5.02 Å². The summed E-state index contributed by atoms with van der Waals surface area (Å²) >= 11 is 5.71. The highest BCUT2D eigenvalue weighted by Crippen LogP contribution is 2.27. The highest BCUT2D eigenvalue weighted by molar-refractivity contribution is 7.90. The zero-order valence-corrected chi connectivity index (χ0v) is 15.1. The lowest BCUT2D eigenvalue weighted by Crippen LogP contribution is -2.31. The van der Waals surface area contributed by atoms with E-state index in [9.17, 15) is 36.5 Å². The van der Waals surface area contributed by atoms with Gasteiger partial charge < -0.3 is 4.74 Å². The molecule has 8 nitrogen and oxygen atoms in total. The van der Waals surface area contributed by atoms with Crippen LogP contribution >= 0.6 is 11.6 Å². The molecule has 0 saturated heterocycles. The van der Waals surface area contributed by atoms with Gasteiger partial charge in [0.05, 0.1) is 10.5 Å². The number of hydrogen-bond acceptors (Lipinski definition) is 6. The van der Waals surface area contributed by atoms with Crippen molar-refractivity contribution in [1.29, 1.82) is 0 Å². The Bertz CT molecular complexity index is 1030. The number of nitrogens with one attached hydrogen (secondary N) is 1. The molecule has 1 amide bonds. The van der Waals surface area contributed by atoms with E-state index in [4.69, 9.17) is 11.6 Å². The Morgan fingerprint density at radius 2 is 1.86 bits per heavy atom. The average Bonchev–Trinajstić information content (AvgIpc) is 2.59. The van der Waals surface area contributed by atoms with Crippen molar-refractivity contribution in [3.63, 3.8) is 0 Å². The smallest absolute Gasteiger partial charge is 0.422 e. The number of carbonyl (C=O) groups excluding carboxylic acids is 1. The van der Waals surface area contributed by atoms with Gasteiger partial charge in [-0.1, -0.05) is 23.7 Å². The normalized spacial score (nSPS) is 11.7. The zero-order chi connectivity index (χ0) is 21.1. The Morgan fingerprint density at radius 1 is 1.21 bits per heavy atom. The minimum atomic E-state index is -4.72. The molecule has 0 atom stereocenters. The van der Waals surface area contributed by atoms with Crippen molar-refractivity contribution in [2.45, 2.75) is 11.1 Å². The minimum Gasteiger partial charge on any atom is -0.483 e. The Hall–Kier alpha value is -2.86. The number of sulfonamides is 1. The van der Waals surface area contributed by atoms with Crippen LogP contribution in [0.15, 0.2) is 47.4 Å². The largest absolute Gasteiger partial charge is 0.483 e. The van der Waals surface area contributed by atoms with Crippen molar-refractivity contribution in [2.75, 3.05) is 6.61 Å².